The van der Waals surface area contributed by atoms with Crippen LogP contribution in [0.5, 0.6) is 0 Å². The van der Waals surface area contributed by atoms with E-state index in [1.807, 2.05) is 6.07 Å². The number of nitrogens with zero attached hydrogens (tertiary/aromatic N) is 2. The average molecular weight is 353 g/mol. The molecule has 0 radical (unpaired) electrons. The zero-order chi connectivity index (χ0) is 15.4. The van der Waals surface area contributed by atoms with Crippen LogP contribution >= 0.6 is 15.9 Å². The molecule has 0 fully saturated rings. The summed E-state index contributed by atoms with van der Waals surface area (Å²) in [7, 11) is 0. The molecular weight excluding hydrogens is 344 g/mol. The minimum atomic E-state index is -0.683. The smallest absolute Gasteiger partial charge is 0.300 e. The van der Waals surface area contributed by atoms with E-state index in [0.29, 0.717) is 5.69 Å². The number of hydrogen-bond acceptors (Lipinski definition) is 6. The van der Waals surface area contributed by atoms with Gasteiger partial charge in [-0.2, -0.15) is 0 Å². The van der Waals surface area contributed by atoms with Gasteiger partial charge in [-0.15, -0.1) is 0 Å². The van der Waals surface area contributed by atoms with Gasteiger partial charge in [0.05, 0.1) is 21.6 Å². The minimum Gasteiger partial charge on any atom is -0.300 e. The largest absolute Gasteiger partial charge is 0.300 e. The summed E-state index contributed by atoms with van der Waals surface area (Å²) in [5.74, 6) is 0. The highest BCUT2D eigenvalue weighted by molar-refractivity contribution is 9.10. The van der Waals surface area contributed by atoms with Gasteiger partial charge in [0.2, 0.25) is 0 Å². The molecule has 0 amide bonds. The Kier molecular flexibility index (Phi) is 4.33. The first-order valence-corrected chi connectivity index (χ1v) is 6.47. The van der Waals surface area contributed by atoms with Crippen molar-refractivity contribution in [2.75, 3.05) is 10.9 Å². The molecule has 2 N–H and O–H groups in total. The van der Waals surface area contributed by atoms with Crippen LogP contribution in [0.4, 0.5) is 22.7 Å². The Bertz CT molecular complexity index is 707. The number of hydrogen-bond donors (Lipinski definition) is 2. The highest BCUT2D eigenvalue weighted by Gasteiger charge is 2.19. The fourth-order valence-corrected chi connectivity index (χ4v) is 1.97. The van der Waals surface area contributed by atoms with Crippen LogP contribution in [0.3, 0.4) is 0 Å². The fraction of sp³-hybridized carbons (Fsp3) is 0. The third-order valence-electron chi connectivity index (χ3n) is 2.59. The predicted octanol–water partition coefficient (Wildman–Crippen LogP) is 3.70. The summed E-state index contributed by atoms with van der Waals surface area (Å²) >= 11 is 3.32. The zero-order valence-corrected chi connectivity index (χ0v) is 12.0. The van der Waals surface area contributed by atoms with Crippen molar-refractivity contribution in [1.29, 1.82) is 0 Å². The summed E-state index contributed by atoms with van der Waals surface area (Å²) in [6, 6.07) is 10.5. The molecule has 0 bridgehead atoms. The molecule has 0 spiro atoms. The lowest BCUT2D eigenvalue weighted by molar-refractivity contribution is -0.393. The van der Waals surface area contributed by atoms with E-state index in [2.05, 4.69) is 26.8 Å². The molecule has 108 valence electrons. The first kappa shape index (κ1) is 14.7. The molecule has 0 atom stereocenters. The summed E-state index contributed by atoms with van der Waals surface area (Å²) in [6.07, 6.45) is 0. The number of nitro groups is 2. The summed E-state index contributed by atoms with van der Waals surface area (Å²) < 4.78 is 0.766. The van der Waals surface area contributed by atoms with Crippen molar-refractivity contribution in [3.63, 3.8) is 0 Å². The van der Waals surface area contributed by atoms with Crippen LogP contribution < -0.4 is 10.9 Å². The van der Waals surface area contributed by atoms with E-state index in [1.165, 1.54) is 12.1 Å². The van der Waals surface area contributed by atoms with Crippen LogP contribution in [0.2, 0.25) is 0 Å². The van der Waals surface area contributed by atoms with Crippen molar-refractivity contribution in [3.05, 3.63) is 67.2 Å². The lowest BCUT2D eigenvalue weighted by atomic mass is 10.2. The highest BCUT2D eigenvalue weighted by Crippen LogP contribution is 2.29. The van der Waals surface area contributed by atoms with Gasteiger partial charge in [0, 0.05) is 10.5 Å². The monoisotopic (exact) mass is 352 g/mol. The molecule has 2 aromatic rings. The van der Waals surface area contributed by atoms with Gasteiger partial charge in [0.25, 0.3) is 5.69 Å². The first-order chi connectivity index (χ1) is 9.99. The minimum absolute atomic E-state index is 0.126. The Labute approximate surface area is 127 Å². The number of benzene rings is 2. The first-order valence-electron chi connectivity index (χ1n) is 5.68. The normalized spacial score (nSPS) is 9.95. The van der Waals surface area contributed by atoms with Crippen molar-refractivity contribution in [1.82, 2.24) is 0 Å². The number of nitrogens with one attached hydrogen (secondary N) is 2. The fourth-order valence-electron chi connectivity index (χ4n) is 1.59. The van der Waals surface area contributed by atoms with E-state index in [-0.39, 0.29) is 17.1 Å². The second-order valence-electron chi connectivity index (χ2n) is 3.95. The predicted molar refractivity (Wildman–Crippen MR) is 81.1 cm³/mol. The Balaban J connectivity index is 2.26. The number of nitro benzene ring substituents is 2. The molecule has 0 aliphatic rings. The molecule has 0 aliphatic heterocycles. The quantitative estimate of drug-likeness (QED) is 0.626. The number of halogens is 1. The van der Waals surface area contributed by atoms with Gasteiger partial charge in [-0.25, -0.2) is 0 Å². The molecule has 0 heterocycles. The molecule has 0 saturated carbocycles. The van der Waals surface area contributed by atoms with E-state index in [0.717, 1.165) is 10.5 Å². The van der Waals surface area contributed by atoms with E-state index in [4.69, 9.17) is 0 Å². The van der Waals surface area contributed by atoms with Gasteiger partial charge in [0.1, 0.15) is 5.69 Å². The molecule has 2 rings (SSSR count). The van der Waals surface area contributed by atoms with Crippen molar-refractivity contribution in [2.24, 2.45) is 0 Å². The zero-order valence-electron chi connectivity index (χ0n) is 10.4. The van der Waals surface area contributed by atoms with Crippen LogP contribution in [0.25, 0.3) is 0 Å². The second-order valence-corrected chi connectivity index (χ2v) is 4.80. The lowest BCUT2D eigenvalue weighted by Gasteiger charge is -2.11. The van der Waals surface area contributed by atoms with E-state index >= 15 is 0 Å². The van der Waals surface area contributed by atoms with E-state index in [1.54, 1.807) is 18.2 Å². The highest BCUT2D eigenvalue weighted by atomic mass is 79.9. The number of rotatable bonds is 5. The maximum Gasteiger partial charge on any atom is 0.300 e. The Hall–Kier alpha value is -2.68. The SMILES string of the molecule is O=[N+]([O-])c1ccc(NNc2ccccc2Br)c([N+](=O)[O-])c1. The summed E-state index contributed by atoms with van der Waals surface area (Å²) in [5, 5.41) is 21.6. The van der Waals surface area contributed by atoms with E-state index in [9.17, 15) is 20.2 Å². The van der Waals surface area contributed by atoms with Crippen molar-refractivity contribution in [2.45, 2.75) is 0 Å². The van der Waals surface area contributed by atoms with Crippen LogP contribution in [-0.4, -0.2) is 9.85 Å². The number of hydrazine groups is 1. The lowest BCUT2D eigenvalue weighted by Crippen LogP contribution is -2.10. The Morgan fingerprint density at radius 1 is 0.905 bits per heavy atom. The van der Waals surface area contributed by atoms with Crippen LogP contribution in [0.1, 0.15) is 0 Å². The topological polar surface area (TPSA) is 110 Å². The van der Waals surface area contributed by atoms with Crippen LogP contribution in [-0.2, 0) is 0 Å². The van der Waals surface area contributed by atoms with Gasteiger partial charge in [-0.1, -0.05) is 12.1 Å². The molecular formula is C12H9BrN4O4. The third kappa shape index (κ3) is 3.45. The molecule has 9 heteroatoms. The van der Waals surface area contributed by atoms with Gasteiger partial charge in [-0.05, 0) is 34.1 Å². The van der Waals surface area contributed by atoms with Gasteiger partial charge < -0.3 is 0 Å². The number of anilines is 2. The Morgan fingerprint density at radius 2 is 1.57 bits per heavy atom. The van der Waals surface area contributed by atoms with Crippen LogP contribution in [0, 0.1) is 20.2 Å². The van der Waals surface area contributed by atoms with E-state index < -0.39 is 9.85 Å². The molecule has 21 heavy (non-hydrogen) atoms. The summed E-state index contributed by atoms with van der Waals surface area (Å²) in [5.41, 5.74) is 5.55. The maximum absolute atomic E-state index is 11.0. The third-order valence-corrected chi connectivity index (χ3v) is 3.29. The molecule has 8 nitrogen and oxygen atoms in total. The van der Waals surface area contributed by atoms with Crippen LogP contribution in [0.15, 0.2) is 46.9 Å². The van der Waals surface area contributed by atoms with Crippen molar-refractivity contribution < 1.29 is 9.85 Å². The summed E-state index contributed by atoms with van der Waals surface area (Å²) in [6.45, 7) is 0. The summed E-state index contributed by atoms with van der Waals surface area (Å²) in [4.78, 5) is 20.3. The van der Waals surface area contributed by atoms with Gasteiger partial charge in [0.15, 0.2) is 0 Å². The number of non-ortho nitro benzene ring substituents is 1. The average Bonchev–Trinajstić information content (AvgIpc) is 2.46. The second kappa shape index (κ2) is 6.18. The Morgan fingerprint density at radius 3 is 2.19 bits per heavy atom. The van der Waals surface area contributed by atoms with Gasteiger partial charge >= 0.3 is 5.69 Å². The molecule has 0 unspecified atom stereocenters. The maximum atomic E-state index is 11.0. The number of para-hydroxylation sites is 1. The van der Waals surface area contributed by atoms with Crippen molar-refractivity contribution >= 4 is 38.7 Å². The van der Waals surface area contributed by atoms with Gasteiger partial charge in [-0.3, -0.25) is 31.1 Å². The molecule has 0 aliphatic carbocycles. The molecule has 0 saturated heterocycles. The molecule has 2 aromatic carbocycles. The standard InChI is InChI=1S/C12H9BrN4O4/c13-9-3-1-2-4-10(9)14-15-11-6-5-8(16(18)19)7-12(11)17(20)21/h1-7,14-15H. The molecule has 0 aromatic heterocycles. The van der Waals surface area contributed by atoms with Crippen molar-refractivity contribution in [3.8, 4) is 0 Å².